The summed E-state index contributed by atoms with van der Waals surface area (Å²) in [5.74, 6) is -2.34. The molecule has 9 N–H and O–H groups in total. The van der Waals surface area contributed by atoms with Crippen molar-refractivity contribution in [3.05, 3.63) is 18.2 Å². The highest BCUT2D eigenvalue weighted by atomic mass is 16.4. The minimum Gasteiger partial charge on any atom is -0.548 e. The number of carboxylic acids is 1. The zero-order valence-corrected chi connectivity index (χ0v) is 14.4. The molecule has 25 heavy (non-hydrogen) atoms. The second kappa shape index (κ2) is 10.4. The van der Waals surface area contributed by atoms with Gasteiger partial charge in [-0.25, -0.2) is 4.98 Å². The van der Waals surface area contributed by atoms with Gasteiger partial charge in [-0.3, -0.25) is 9.59 Å². The summed E-state index contributed by atoms with van der Waals surface area (Å²) in [6.45, 7) is 2.29. The van der Waals surface area contributed by atoms with Crippen LogP contribution in [0.4, 0.5) is 0 Å². The highest BCUT2D eigenvalue weighted by Crippen LogP contribution is 2.03. The van der Waals surface area contributed by atoms with E-state index in [1.165, 1.54) is 12.5 Å². The van der Waals surface area contributed by atoms with E-state index in [2.05, 4.69) is 32.1 Å². The minimum atomic E-state index is -1.35. The fourth-order valence-electron chi connectivity index (χ4n) is 2.19. The molecule has 0 radical (unpaired) electrons. The number of imidazole rings is 1. The maximum atomic E-state index is 12.5. The summed E-state index contributed by atoms with van der Waals surface area (Å²) in [6.07, 6.45) is 4.76. The molecule has 1 rings (SSSR count). The Balaban J connectivity index is 2.78. The molecular weight excluding hydrogens is 328 g/mol. The number of unbranched alkanes of at least 4 members (excludes halogenated alkanes) is 1. The highest BCUT2D eigenvalue weighted by Gasteiger charge is 2.26. The van der Waals surface area contributed by atoms with Gasteiger partial charge in [0.25, 0.3) is 5.91 Å². The summed E-state index contributed by atoms with van der Waals surface area (Å²) in [5, 5.41) is 16.3. The van der Waals surface area contributed by atoms with E-state index in [1.54, 1.807) is 6.92 Å². The molecule has 0 unspecified atom stereocenters. The van der Waals surface area contributed by atoms with Gasteiger partial charge in [-0.15, -0.1) is 0 Å². The van der Waals surface area contributed by atoms with Gasteiger partial charge in [0.2, 0.25) is 5.91 Å². The maximum absolute atomic E-state index is 12.5. The van der Waals surface area contributed by atoms with E-state index in [9.17, 15) is 19.5 Å². The predicted octanol–water partition coefficient (Wildman–Crippen LogP) is -4.29. The van der Waals surface area contributed by atoms with Crippen molar-refractivity contribution in [3.63, 3.8) is 0 Å². The molecule has 1 heterocycles. The molecule has 0 aliphatic heterocycles. The highest BCUT2D eigenvalue weighted by molar-refractivity contribution is 5.91. The summed E-state index contributed by atoms with van der Waals surface area (Å²) in [6, 6.07) is -2.60. The van der Waals surface area contributed by atoms with Gasteiger partial charge in [-0.1, -0.05) is 0 Å². The molecule has 1 aromatic heterocycles. The molecule has 140 valence electrons. The molecule has 0 aliphatic rings. The number of hydrogen-bond acceptors (Lipinski definition) is 5. The Labute approximate surface area is 145 Å². The van der Waals surface area contributed by atoms with Crippen LogP contribution in [0.5, 0.6) is 0 Å². The standard InChI is InChI=1S/C15H26N6O4/c1-9(17)13(22)21-12(6-10-7-18-8-19-10)14(23)20-11(15(24)25)4-2-3-5-16/h7-9,11-12H,2-6,16-17H2,1H3,(H,18,19)(H,20,23)(H,21,22)(H,24,25)/p+1/t9-,11-,12-/m0/s1. The van der Waals surface area contributed by atoms with E-state index in [4.69, 9.17) is 0 Å². The zero-order valence-electron chi connectivity index (χ0n) is 14.4. The van der Waals surface area contributed by atoms with E-state index in [0.29, 0.717) is 18.7 Å². The number of quaternary nitrogens is 2. The Morgan fingerprint density at radius 2 is 1.92 bits per heavy atom. The number of aromatic nitrogens is 2. The lowest BCUT2D eigenvalue weighted by molar-refractivity contribution is -0.398. The molecular formula is C15H27N6O4+. The van der Waals surface area contributed by atoms with Gasteiger partial charge in [0, 0.05) is 18.3 Å². The topological polar surface area (TPSA) is 182 Å². The Kier molecular flexibility index (Phi) is 8.57. The largest absolute Gasteiger partial charge is 0.548 e. The van der Waals surface area contributed by atoms with E-state index >= 15 is 0 Å². The number of carbonyl (C=O) groups excluding carboxylic acids is 3. The Morgan fingerprint density at radius 3 is 2.44 bits per heavy atom. The van der Waals surface area contributed by atoms with Crippen LogP contribution in [0.15, 0.2) is 12.5 Å². The lowest BCUT2D eigenvalue weighted by atomic mass is 10.1. The van der Waals surface area contributed by atoms with Gasteiger partial charge in [-0.2, -0.15) is 0 Å². The second-order valence-corrected chi connectivity index (χ2v) is 5.97. The molecule has 1 aromatic rings. The van der Waals surface area contributed by atoms with Crippen molar-refractivity contribution in [3.8, 4) is 0 Å². The van der Waals surface area contributed by atoms with Crippen LogP contribution in [0.1, 0.15) is 31.9 Å². The number of nitrogens with zero attached hydrogens (tertiary/aromatic N) is 1. The van der Waals surface area contributed by atoms with Crippen LogP contribution < -0.4 is 27.2 Å². The third kappa shape index (κ3) is 7.31. The molecule has 0 spiro atoms. The van der Waals surface area contributed by atoms with Crippen LogP contribution in [-0.2, 0) is 20.8 Å². The zero-order chi connectivity index (χ0) is 18.8. The Hall–Kier alpha value is -2.46. The van der Waals surface area contributed by atoms with Gasteiger partial charge in [0.05, 0.1) is 24.9 Å². The van der Waals surface area contributed by atoms with Gasteiger partial charge >= 0.3 is 0 Å². The van der Waals surface area contributed by atoms with Crippen molar-refractivity contribution in [2.24, 2.45) is 0 Å². The smallest absolute Gasteiger partial charge is 0.278 e. The number of nitrogens with one attached hydrogen (secondary N) is 3. The third-order valence-electron chi connectivity index (χ3n) is 3.65. The molecule has 3 atom stereocenters. The average Bonchev–Trinajstić information content (AvgIpc) is 3.06. The molecule has 2 amide bonds. The predicted molar refractivity (Wildman–Crippen MR) is 85.1 cm³/mol. The lowest BCUT2D eigenvalue weighted by Crippen LogP contribution is -2.67. The van der Waals surface area contributed by atoms with Crippen molar-refractivity contribution < 1.29 is 31.0 Å². The van der Waals surface area contributed by atoms with Crippen LogP contribution in [0, 0.1) is 0 Å². The number of rotatable bonds is 11. The Morgan fingerprint density at radius 1 is 1.24 bits per heavy atom. The minimum absolute atomic E-state index is 0.156. The first kappa shape index (κ1) is 20.6. The van der Waals surface area contributed by atoms with Crippen LogP contribution >= 0.6 is 0 Å². The van der Waals surface area contributed by atoms with Crippen molar-refractivity contribution in [1.29, 1.82) is 0 Å². The number of amides is 2. The molecule has 0 saturated carbocycles. The summed E-state index contributed by atoms with van der Waals surface area (Å²) < 4.78 is 0. The van der Waals surface area contributed by atoms with Gasteiger partial charge in [0.15, 0.2) is 6.04 Å². The van der Waals surface area contributed by atoms with Crippen molar-refractivity contribution in [2.75, 3.05) is 6.54 Å². The van der Waals surface area contributed by atoms with Crippen molar-refractivity contribution in [2.45, 2.75) is 50.7 Å². The van der Waals surface area contributed by atoms with Crippen LogP contribution in [0.25, 0.3) is 0 Å². The second-order valence-electron chi connectivity index (χ2n) is 5.97. The van der Waals surface area contributed by atoms with E-state index in [-0.39, 0.29) is 12.8 Å². The van der Waals surface area contributed by atoms with Crippen molar-refractivity contribution >= 4 is 17.8 Å². The molecule has 0 saturated heterocycles. The molecule has 0 aromatic carbocycles. The van der Waals surface area contributed by atoms with Gasteiger partial charge in [-0.05, 0) is 26.2 Å². The Bertz CT molecular complexity index is 560. The van der Waals surface area contributed by atoms with E-state index in [1.807, 2.05) is 0 Å². The third-order valence-corrected chi connectivity index (χ3v) is 3.65. The van der Waals surface area contributed by atoms with E-state index < -0.39 is 35.9 Å². The van der Waals surface area contributed by atoms with Gasteiger partial charge < -0.3 is 37.0 Å². The first-order valence-corrected chi connectivity index (χ1v) is 8.26. The normalized spacial score (nSPS) is 14.4. The van der Waals surface area contributed by atoms with Crippen LogP contribution in [0.3, 0.4) is 0 Å². The molecule has 10 heteroatoms. The maximum Gasteiger partial charge on any atom is 0.278 e. The SMILES string of the molecule is C[C@H]([NH3+])C(=O)N[C@@H](Cc1cnc[nH]1)C(=O)N[C@@H](CCCC[NH3+])C(=O)[O-]. The molecule has 10 nitrogen and oxygen atoms in total. The fraction of sp³-hybridized carbons (Fsp3) is 0.600. The van der Waals surface area contributed by atoms with Crippen LogP contribution in [0.2, 0.25) is 0 Å². The number of carbonyl (C=O) groups is 3. The molecule has 0 fully saturated rings. The number of aromatic amines is 1. The summed E-state index contributed by atoms with van der Waals surface area (Å²) in [4.78, 5) is 42.4. The first-order chi connectivity index (χ1) is 11.8. The number of H-pyrrole nitrogens is 1. The lowest BCUT2D eigenvalue weighted by Gasteiger charge is -2.24. The van der Waals surface area contributed by atoms with Gasteiger partial charge in [0.1, 0.15) is 6.04 Å². The van der Waals surface area contributed by atoms with Crippen molar-refractivity contribution in [1.82, 2.24) is 20.6 Å². The fourth-order valence-corrected chi connectivity index (χ4v) is 2.19. The van der Waals surface area contributed by atoms with E-state index in [0.717, 1.165) is 6.42 Å². The quantitative estimate of drug-likeness (QED) is 0.251. The van der Waals surface area contributed by atoms with Crippen LogP contribution in [-0.4, -0.2) is 52.4 Å². The molecule has 0 aliphatic carbocycles. The summed E-state index contributed by atoms with van der Waals surface area (Å²) in [7, 11) is 0. The number of carboxylic acid groups (broad SMARTS) is 1. The summed E-state index contributed by atoms with van der Waals surface area (Å²) >= 11 is 0. The first-order valence-electron chi connectivity index (χ1n) is 8.26. The number of hydrogen-bond donors (Lipinski definition) is 5. The monoisotopic (exact) mass is 355 g/mol. The summed E-state index contributed by atoms with van der Waals surface area (Å²) in [5.41, 5.74) is 7.95. The average molecular weight is 355 g/mol. The number of aliphatic carboxylic acids is 1. The molecule has 0 bridgehead atoms.